The smallest absolute Gasteiger partial charge is 0.172 e. The summed E-state index contributed by atoms with van der Waals surface area (Å²) < 4.78 is 5.36. The molecule has 3 rings (SSSR count). The predicted molar refractivity (Wildman–Crippen MR) is 59.5 cm³/mol. The summed E-state index contributed by atoms with van der Waals surface area (Å²) in [6.07, 6.45) is 6.71. The SMILES string of the molecule is c1coc(C2=NCCN2c2cncnc2)c1. The van der Waals surface area contributed by atoms with Crippen molar-refractivity contribution >= 4 is 11.5 Å². The van der Waals surface area contributed by atoms with Gasteiger partial charge in [0.15, 0.2) is 11.6 Å². The van der Waals surface area contributed by atoms with Crippen LogP contribution in [0.5, 0.6) is 0 Å². The van der Waals surface area contributed by atoms with Crippen LogP contribution in [0.3, 0.4) is 0 Å². The van der Waals surface area contributed by atoms with E-state index in [0.717, 1.165) is 30.4 Å². The van der Waals surface area contributed by atoms with E-state index in [1.54, 1.807) is 18.7 Å². The summed E-state index contributed by atoms with van der Waals surface area (Å²) in [5, 5.41) is 0. The van der Waals surface area contributed by atoms with E-state index in [1.807, 2.05) is 12.1 Å². The van der Waals surface area contributed by atoms with Gasteiger partial charge >= 0.3 is 0 Å². The minimum atomic E-state index is 0.769. The van der Waals surface area contributed by atoms with Crippen LogP contribution in [-0.4, -0.2) is 28.9 Å². The minimum absolute atomic E-state index is 0.769. The number of hydrogen-bond acceptors (Lipinski definition) is 5. The molecule has 16 heavy (non-hydrogen) atoms. The quantitative estimate of drug-likeness (QED) is 0.756. The number of rotatable bonds is 2. The van der Waals surface area contributed by atoms with Gasteiger partial charge in [-0.05, 0) is 12.1 Å². The van der Waals surface area contributed by atoms with Crippen molar-refractivity contribution in [2.24, 2.45) is 4.99 Å². The Morgan fingerprint density at radius 3 is 2.88 bits per heavy atom. The molecule has 5 heteroatoms. The predicted octanol–water partition coefficient (Wildman–Crippen LogP) is 1.34. The summed E-state index contributed by atoms with van der Waals surface area (Å²) in [6.45, 7) is 1.61. The van der Waals surface area contributed by atoms with Gasteiger partial charge in [0.05, 0.1) is 30.9 Å². The van der Waals surface area contributed by atoms with E-state index >= 15 is 0 Å². The average Bonchev–Trinajstić information content (AvgIpc) is 3.01. The molecule has 1 aliphatic rings. The van der Waals surface area contributed by atoms with Crippen LogP contribution in [0.25, 0.3) is 0 Å². The lowest BCUT2D eigenvalue weighted by molar-refractivity contribution is 0.556. The number of nitrogens with zero attached hydrogens (tertiary/aromatic N) is 4. The number of furan rings is 1. The van der Waals surface area contributed by atoms with Crippen LogP contribution in [0.15, 0.2) is 46.5 Å². The van der Waals surface area contributed by atoms with Gasteiger partial charge in [-0.1, -0.05) is 0 Å². The number of aromatic nitrogens is 2. The van der Waals surface area contributed by atoms with Gasteiger partial charge in [-0.2, -0.15) is 0 Å². The Hall–Kier alpha value is -2.17. The molecule has 1 aliphatic heterocycles. The van der Waals surface area contributed by atoms with E-state index in [0.29, 0.717) is 0 Å². The normalized spacial score (nSPS) is 15.2. The van der Waals surface area contributed by atoms with Crippen LogP contribution in [0.2, 0.25) is 0 Å². The van der Waals surface area contributed by atoms with Gasteiger partial charge in [-0.15, -0.1) is 0 Å². The standard InChI is InChI=1S/C11H10N4O/c1-2-10(16-5-1)11-14-3-4-15(11)9-6-12-8-13-7-9/h1-2,5-8H,3-4H2. The van der Waals surface area contributed by atoms with Crippen molar-refractivity contribution in [1.82, 2.24) is 9.97 Å². The van der Waals surface area contributed by atoms with E-state index < -0.39 is 0 Å². The Morgan fingerprint density at radius 1 is 1.25 bits per heavy atom. The summed E-state index contributed by atoms with van der Waals surface area (Å²) in [4.78, 5) is 14.5. The van der Waals surface area contributed by atoms with Gasteiger partial charge in [-0.3, -0.25) is 4.99 Å². The van der Waals surface area contributed by atoms with E-state index in [4.69, 9.17) is 4.42 Å². The summed E-state index contributed by atoms with van der Waals surface area (Å²) in [5.74, 6) is 1.63. The molecule has 3 heterocycles. The highest BCUT2D eigenvalue weighted by Crippen LogP contribution is 2.19. The molecule has 0 amide bonds. The van der Waals surface area contributed by atoms with Crippen LogP contribution in [0.4, 0.5) is 5.69 Å². The topological polar surface area (TPSA) is 54.5 Å². The monoisotopic (exact) mass is 214 g/mol. The molecule has 0 aromatic carbocycles. The molecule has 0 N–H and O–H groups in total. The van der Waals surface area contributed by atoms with Crippen molar-refractivity contribution < 1.29 is 4.42 Å². The van der Waals surface area contributed by atoms with Crippen molar-refractivity contribution in [1.29, 1.82) is 0 Å². The molecule has 5 nitrogen and oxygen atoms in total. The highest BCUT2D eigenvalue weighted by molar-refractivity contribution is 6.09. The van der Waals surface area contributed by atoms with Crippen molar-refractivity contribution in [2.75, 3.05) is 18.0 Å². The second kappa shape index (κ2) is 3.77. The average molecular weight is 214 g/mol. The van der Waals surface area contributed by atoms with Crippen LogP contribution < -0.4 is 4.90 Å². The van der Waals surface area contributed by atoms with Crippen molar-refractivity contribution in [2.45, 2.75) is 0 Å². The lowest BCUT2D eigenvalue weighted by Crippen LogP contribution is -2.27. The molecule has 2 aromatic rings. The molecule has 2 aromatic heterocycles. The Labute approximate surface area is 92.5 Å². The highest BCUT2D eigenvalue weighted by Gasteiger charge is 2.22. The molecule has 0 radical (unpaired) electrons. The van der Waals surface area contributed by atoms with Gasteiger partial charge in [-0.25, -0.2) is 9.97 Å². The van der Waals surface area contributed by atoms with Crippen molar-refractivity contribution in [3.63, 3.8) is 0 Å². The van der Waals surface area contributed by atoms with E-state index in [1.165, 1.54) is 6.33 Å². The third-order valence-corrected chi connectivity index (χ3v) is 2.44. The highest BCUT2D eigenvalue weighted by atomic mass is 16.3. The molecule has 0 unspecified atom stereocenters. The molecule has 0 aliphatic carbocycles. The zero-order valence-corrected chi connectivity index (χ0v) is 8.58. The van der Waals surface area contributed by atoms with Crippen LogP contribution >= 0.6 is 0 Å². The zero-order chi connectivity index (χ0) is 10.8. The van der Waals surface area contributed by atoms with Gasteiger partial charge in [0.1, 0.15) is 6.33 Å². The largest absolute Gasteiger partial charge is 0.461 e. The Kier molecular flexibility index (Phi) is 2.14. The van der Waals surface area contributed by atoms with E-state index in [-0.39, 0.29) is 0 Å². The number of amidine groups is 1. The summed E-state index contributed by atoms with van der Waals surface area (Å²) in [6, 6.07) is 3.76. The Morgan fingerprint density at radius 2 is 2.12 bits per heavy atom. The molecular formula is C11H10N4O. The minimum Gasteiger partial charge on any atom is -0.461 e. The summed E-state index contributed by atoms with van der Waals surface area (Å²) in [7, 11) is 0. The number of hydrogen-bond donors (Lipinski definition) is 0. The van der Waals surface area contributed by atoms with Gasteiger partial charge in [0.2, 0.25) is 0 Å². The summed E-state index contributed by atoms with van der Waals surface area (Å²) in [5.41, 5.74) is 0.940. The maximum absolute atomic E-state index is 5.36. The molecule has 0 atom stereocenters. The molecule has 0 fully saturated rings. The van der Waals surface area contributed by atoms with E-state index in [9.17, 15) is 0 Å². The van der Waals surface area contributed by atoms with Gasteiger partial charge in [0.25, 0.3) is 0 Å². The van der Waals surface area contributed by atoms with Gasteiger partial charge < -0.3 is 9.32 Å². The van der Waals surface area contributed by atoms with Crippen LogP contribution in [0.1, 0.15) is 5.76 Å². The van der Waals surface area contributed by atoms with Crippen molar-refractivity contribution in [3.05, 3.63) is 42.9 Å². The third-order valence-electron chi connectivity index (χ3n) is 2.44. The lowest BCUT2D eigenvalue weighted by atomic mass is 10.3. The fourth-order valence-electron chi connectivity index (χ4n) is 1.75. The zero-order valence-electron chi connectivity index (χ0n) is 8.58. The van der Waals surface area contributed by atoms with Crippen LogP contribution in [-0.2, 0) is 0 Å². The third kappa shape index (κ3) is 1.46. The Balaban J connectivity index is 1.96. The molecular weight excluding hydrogens is 204 g/mol. The van der Waals surface area contributed by atoms with Crippen molar-refractivity contribution in [3.8, 4) is 0 Å². The van der Waals surface area contributed by atoms with E-state index in [2.05, 4.69) is 19.9 Å². The Bertz CT molecular complexity index is 492. The lowest BCUT2D eigenvalue weighted by Gasteiger charge is -2.17. The first-order valence-electron chi connectivity index (χ1n) is 5.06. The molecule has 0 saturated carbocycles. The first-order valence-corrected chi connectivity index (χ1v) is 5.06. The second-order valence-corrected chi connectivity index (χ2v) is 3.43. The maximum atomic E-state index is 5.36. The second-order valence-electron chi connectivity index (χ2n) is 3.43. The first kappa shape index (κ1) is 9.08. The van der Waals surface area contributed by atoms with Gasteiger partial charge in [0, 0.05) is 6.54 Å². The maximum Gasteiger partial charge on any atom is 0.172 e. The fraction of sp³-hybridized carbons (Fsp3) is 0.182. The fourth-order valence-corrected chi connectivity index (χ4v) is 1.75. The molecule has 0 bridgehead atoms. The molecule has 0 saturated heterocycles. The number of anilines is 1. The van der Waals surface area contributed by atoms with Crippen LogP contribution in [0, 0.1) is 0 Å². The molecule has 0 spiro atoms. The summed E-state index contributed by atoms with van der Waals surface area (Å²) >= 11 is 0. The first-order chi connectivity index (χ1) is 7.95. The molecule has 80 valence electrons. The number of aliphatic imine (C=N–C) groups is 1.